The van der Waals surface area contributed by atoms with Crippen LogP contribution in [0.3, 0.4) is 0 Å². The van der Waals surface area contributed by atoms with Crippen LogP contribution >= 0.6 is 0 Å². The first-order valence-corrected chi connectivity index (χ1v) is 17.3. The van der Waals surface area contributed by atoms with Crippen LogP contribution < -0.4 is 0 Å². The minimum absolute atomic E-state index is 0.0232. The molecule has 2 atom stereocenters. The minimum atomic E-state index is -0.0232. The van der Waals surface area contributed by atoms with E-state index in [9.17, 15) is 0 Å². The molecule has 5 aromatic carbocycles. The Balaban J connectivity index is 1.16. The van der Waals surface area contributed by atoms with Gasteiger partial charge in [-0.25, -0.2) is 9.98 Å². The van der Waals surface area contributed by atoms with E-state index in [0.29, 0.717) is 0 Å². The van der Waals surface area contributed by atoms with Crippen LogP contribution in [-0.4, -0.2) is 26.1 Å². The van der Waals surface area contributed by atoms with Gasteiger partial charge in [0.05, 0.1) is 22.6 Å². The predicted octanol–water partition coefficient (Wildman–Crippen LogP) is 10.3. The minimum Gasteiger partial charge on any atom is -0.467 e. The second-order valence-electron chi connectivity index (χ2n) is 14.1. The number of fused-ring (bicyclic) bond motifs is 9. The number of aromatic nitrogens is 3. The van der Waals surface area contributed by atoms with Gasteiger partial charge in [0.15, 0.2) is 0 Å². The monoisotopic (exact) mass is 636 g/mol. The number of rotatable bonds is 3. The highest BCUT2D eigenvalue weighted by Gasteiger charge is 2.37. The molecule has 0 fully saturated rings. The van der Waals surface area contributed by atoms with Gasteiger partial charge < -0.3 is 9.30 Å². The Bertz CT molecular complexity index is 2710. The molecule has 0 N–H and O–H groups in total. The molecule has 1 aliphatic heterocycles. The maximum Gasteiger partial charge on any atom is 0.217 e. The fraction of sp³-hybridized carbons (Fsp3) is 0.182. The lowest BCUT2D eigenvalue weighted by molar-refractivity contribution is 0.182. The second kappa shape index (κ2) is 10.4. The van der Waals surface area contributed by atoms with E-state index < -0.39 is 0 Å². The van der Waals surface area contributed by atoms with Gasteiger partial charge >= 0.3 is 0 Å². The largest absolute Gasteiger partial charge is 0.467 e. The van der Waals surface area contributed by atoms with Crippen LogP contribution in [0.2, 0.25) is 0 Å². The zero-order chi connectivity index (χ0) is 33.0. The summed E-state index contributed by atoms with van der Waals surface area (Å²) in [6.45, 7) is 8.70. The number of nitrogens with zero attached hydrogens (tertiary/aromatic N) is 4. The number of aryl methyl sites for hydroxylation is 4. The summed E-state index contributed by atoms with van der Waals surface area (Å²) < 4.78 is 11.5. The summed E-state index contributed by atoms with van der Waals surface area (Å²) in [5.74, 6) is 0.748. The highest BCUT2D eigenvalue weighted by atomic mass is 16.5. The van der Waals surface area contributed by atoms with Crippen molar-refractivity contribution >= 4 is 49.6 Å². The van der Waals surface area contributed by atoms with Gasteiger partial charge in [0, 0.05) is 44.7 Å². The molecular weight excluding hydrogens is 601 g/mol. The van der Waals surface area contributed by atoms with E-state index in [4.69, 9.17) is 14.7 Å². The van der Waals surface area contributed by atoms with Crippen LogP contribution in [0, 0.1) is 27.7 Å². The third-order valence-electron chi connectivity index (χ3n) is 10.7. The Hall–Kier alpha value is -5.68. The number of benzene rings is 5. The fourth-order valence-corrected chi connectivity index (χ4v) is 8.48. The van der Waals surface area contributed by atoms with Crippen molar-refractivity contribution in [1.29, 1.82) is 0 Å². The quantitative estimate of drug-likeness (QED) is 0.194. The molecule has 0 saturated carbocycles. The van der Waals surface area contributed by atoms with Gasteiger partial charge in [0.25, 0.3) is 0 Å². The summed E-state index contributed by atoms with van der Waals surface area (Å²) in [5, 5.41) is 4.85. The van der Waals surface area contributed by atoms with E-state index in [1.54, 1.807) is 0 Å². The van der Waals surface area contributed by atoms with E-state index in [-0.39, 0.29) is 12.1 Å². The van der Waals surface area contributed by atoms with E-state index in [1.165, 1.54) is 55.1 Å². The van der Waals surface area contributed by atoms with E-state index in [2.05, 4.69) is 134 Å². The van der Waals surface area contributed by atoms with Gasteiger partial charge in [0.1, 0.15) is 11.8 Å². The molecule has 4 heterocycles. The first-order valence-electron chi connectivity index (χ1n) is 17.3. The fourth-order valence-electron chi connectivity index (χ4n) is 8.48. The Kier molecular flexibility index (Phi) is 6.02. The molecule has 5 nitrogen and oxygen atoms in total. The van der Waals surface area contributed by atoms with Crippen LogP contribution in [0.4, 0.5) is 0 Å². The molecule has 5 heteroatoms. The molecule has 0 spiro atoms. The predicted molar refractivity (Wildman–Crippen MR) is 201 cm³/mol. The van der Waals surface area contributed by atoms with Gasteiger partial charge in [-0.15, -0.1) is 0 Å². The molecule has 1 aliphatic carbocycles. The maximum absolute atomic E-state index is 6.74. The van der Waals surface area contributed by atoms with Crippen molar-refractivity contribution in [2.45, 2.75) is 52.7 Å². The summed E-state index contributed by atoms with van der Waals surface area (Å²) >= 11 is 0. The average Bonchev–Trinajstić information content (AvgIpc) is 3.78. The van der Waals surface area contributed by atoms with Gasteiger partial charge in [-0.2, -0.15) is 0 Å². The van der Waals surface area contributed by atoms with Crippen molar-refractivity contribution in [2.24, 2.45) is 4.99 Å². The van der Waals surface area contributed by atoms with E-state index in [0.717, 1.165) is 57.7 Å². The summed E-state index contributed by atoms with van der Waals surface area (Å²) in [6, 6.07) is 38.0. The number of hydrogen-bond acceptors (Lipinski definition) is 3. The molecule has 0 amide bonds. The highest BCUT2D eigenvalue weighted by Crippen LogP contribution is 2.42. The topological polar surface area (TPSA) is 44.3 Å². The zero-order valence-electron chi connectivity index (χ0n) is 28.2. The normalized spacial score (nSPS) is 17.1. The van der Waals surface area contributed by atoms with Gasteiger partial charge in [-0.3, -0.25) is 4.57 Å². The van der Waals surface area contributed by atoms with Crippen molar-refractivity contribution in [3.8, 4) is 11.4 Å². The van der Waals surface area contributed by atoms with Gasteiger partial charge in [-0.05, 0) is 130 Å². The van der Waals surface area contributed by atoms with Crippen molar-refractivity contribution in [1.82, 2.24) is 14.1 Å². The summed E-state index contributed by atoms with van der Waals surface area (Å²) in [5.41, 5.74) is 15.4. The Labute approximate surface area is 285 Å². The second-order valence-corrected chi connectivity index (χ2v) is 14.1. The Morgan fingerprint density at radius 3 is 2.27 bits per heavy atom. The number of pyridine rings is 1. The molecule has 0 unspecified atom stereocenters. The number of hydrogen-bond donors (Lipinski definition) is 0. The van der Waals surface area contributed by atoms with Gasteiger partial charge in [0.2, 0.25) is 5.90 Å². The molecule has 49 heavy (non-hydrogen) atoms. The molecule has 10 rings (SSSR count). The molecular formula is C44H36N4O. The third kappa shape index (κ3) is 4.24. The van der Waals surface area contributed by atoms with E-state index in [1.807, 2.05) is 12.3 Å². The van der Waals surface area contributed by atoms with Crippen molar-refractivity contribution < 1.29 is 4.74 Å². The number of aliphatic imine (C=N–C) groups is 1. The zero-order valence-corrected chi connectivity index (χ0v) is 28.2. The number of ether oxygens (including phenoxy) is 1. The smallest absolute Gasteiger partial charge is 0.217 e. The Morgan fingerprint density at radius 1 is 0.633 bits per heavy atom. The highest BCUT2D eigenvalue weighted by molar-refractivity contribution is 6.12. The first kappa shape index (κ1) is 28.3. The summed E-state index contributed by atoms with van der Waals surface area (Å²) in [6.07, 6.45) is 3.93. The molecule has 0 saturated heterocycles. The summed E-state index contributed by atoms with van der Waals surface area (Å²) in [4.78, 5) is 10.1. The molecule has 2 aliphatic rings. The SMILES string of the molecule is Cc1cc(C2=N[C@@H]3CCc4c(C)cccc4[C@@H]3O2)cc(-n2c3ccc(C)cc3c3ccc(-n4c5ccc(C)cc5c5cccnc54)cc32)c1. The standard InChI is InChI=1S/C44H36N4O/c1-25-10-16-39-36(21-25)33-13-12-30(48-40-17-11-26(2)22-37(40)35-9-6-18-45-43(35)48)24-41(33)47(39)31-20-27(3)19-29(23-31)44-46-38-15-14-32-28(4)7-5-8-34(32)42(38)49-44/h5-13,16-24,38,42H,14-15H2,1-4H3/t38-,42+/m1/s1. The lowest BCUT2D eigenvalue weighted by Gasteiger charge is -2.27. The van der Waals surface area contributed by atoms with Crippen molar-refractivity contribution in [3.05, 3.63) is 148 Å². The molecule has 0 radical (unpaired) electrons. The first-order chi connectivity index (χ1) is 23.9. The lowest BCUT2D eigenvalue weighted by Crippen LogP contribution is -2.22. The molecule has 0 bridgehead atoms. The average molecular weight is 637 g/mol. The van der Waals surface area contributed by atoms with E-state index >= 15 is 0 Å². The molecule has 3 aromatic heterocycles. The summed E-state index contributed by atoms with van der Waals surface area (Å²) in [7, 11) is 0. The van der Waals surface area contributed by atoms with Crippen LogP contribution in [0.5, 0.6) is 0 Å². The van der Waals surface area contributed by atoms with Crippen molar-refractivity contribution in [3.63, 3.8) is 0 Å². The lowest BCUT2D eigenvalue weighted by atomic mass is 9.84. The van der Waals surface area contributed by atoms with Gasteiger partial charge in [-0.1, -0.05) is 47.5 Å². The molecule has 238 valence electrons. The van der Waals surface area contributed by atoms with Crippen LogP contribution in [0.25, 0.3) is 55.1 Å². The molecule has 8 aromatic rings. The van der Waals surface area contributed by atoms with Crippen LogP contribution in [-0.2, 0) is 11.2 Å². The third-order valence-corrected chi connectivity index (χ3v) is 10.7. The van der Waals surface area contributed by atoms with Crippen LogP contribution in [0.15, 0.2) is 114 Å². The van der Waals surface area contributed by atoms with Crippen LogP contribution in [0.1, 0.15) is 51.5 Å². The van der Waals surface area contributed by atoms with Crippen molar-refractivity contribution in [2.75, 3.05) is 0 Å². The maximum atomic E-state index is 6.74. The Morgan fingerprint density at radius 2 is 1.43 bits per heavy atom.